The first kappa shape index (κ1) is 26.4. The Labute approximate surface area is 195 Å². The average molecular weight is 505 g/mol. The van der Waals surface area contributed by atoms with Gasteiger partial charge in [-0.15, -0.1) is 4.99 Å². The number of benzene rings is 2. The molecule has 1 unspecified atom stereocenters. The Hall–Kier alpha value is -3.87. The van der Waals surface area contributed by atoms with Gasteiger partial charge in [0, 0.05) is 12.1 Å². The highest BCUT2D eigenvalue weighted by molar-refractivity contribution is 6.32. The lowest BCUT2D eigenvalue weighted by Gasteiger charge is -2.13. The lowest BCUT2D eigenvalue weighted by molar-refractivity contribution is -0.385. The number of hydrogen-bond donors (Lipinski definition) is 0. The molecule has 0 saturated carbocycles. The summed E-state index contributed by atoms with van der Waals surface area (Å²) in [6.07, 6.45) is -7.24. The summed E-state index contributed by atoms with van der Waals surface area (Å²) in [7, 11) is 2.15. The molecule has 10 nitrogen and oxygen atoms in total. The van der Waals surface area contributed by atoms with Crippen molar-refractivity contribution in [2.24, 2.45) is 4.99 Å². The monoisotopic (exact) mass is 504 g/mol. The number of alkyl halides is 3. The molecule has 0 N–H and O–H groups in total. The Balaban J connectivity index is 2.41. The Bertz CT molecular complexity index is 1140. The van der Waals surface area contributed by atoms with E-state index in [1.807, 2.05) is 0 Å². The standard InChI is InChI=1S/C20H16ClF3N2O8/c1-10(18(27)32-3)33-19(28)25-17(31-2)13-9-12(5-6-15(13)26(29)30)34-16-7-4-11(8-14(16)21)20(22,23)24/h4-10H,1-3H3. The summed E-state index contributed by atoms with van der Waals surface area (Å²) in [5.41, 5.74) is -1.86. The fraction of sp³-hybridized carbons (Fsp3) is 0.250. The SMILES string of the molecule is COC(=O)C(C)OC(=O)N=C(OC)c1cc(Oc2ccc(C(F)(F)F)cc2Cl)ccc1[N+](=O)[O-]. The summed E-state index contributed by atoms with van der Waals surface area (Å²) < 4.78 is 58.0. The van der Waals surface area contributed by atoms with E-state index in [0.717, 1.165) is 44.6 Å². The van der Waals surface area contributed by atoms with Crippen molar-refractivity contribution in [1.82, 2.24) is 0 Å². The minimum atomic E-state index is -4.62. The highest BCUT2D eigenvalue weighted by Gasteiger charge is 2.31. The maximum absolute atomic E-state index is 12.8. The summed E-state index contributed by atoms with van der Waals surface area (Å²) in [4.78, 5) is 37.5. The highest BCUT2D eigenvalue weighted by atomic mass is 35.5. The smallest absolute Gasteiger partial charge is 0.437 e. The zero-order chi connectivity index (χ0) is 25.6. The molecule has 0 aliphatic heterocycles. The van der Waals surface area contributed by atoms with E-state index in [0.29, 0.717) is 6.07 Å². The van der Waals surface area contributed by atoms with Gasteiger partial charge in [0.05, 0.1) is 29.7 Å². The molecular formula is C20H16ClF3N2O8. The maximum atomic E-state index is 12.8. The van der Waals surface area contributed by atoms with Crippen LogP contribution >= 0.6 is 11.6 Å². The van der Waals surface area contributed by atoms with Gasteiger partial charge in [0.15, 0.2) is 6.10 Å². The molecule has 14 heteroatoms. The summed E-state index contributed by atoms with van der Waals surface area (Å²) in [5, 5.41) is 11.1. The van der Waals surface area contributed by atoms with Crippen LogP contribution in [0.2, 0.25) is 5.02 Å². The number of nitro benzene ring substituents is 1. The number of esters is 1. The van der Waals surface area contributed by atoms with Crippen LogP contribution in [0.4, 0.5) is 23.7 Å². The number of amides is 1. The van der Waals surface area contributed by atoms with Crippen LogP contribution in [0.15, 0.2) is 41.4 Å². The van der Waals surface area contributed by atoms with Gasteiger partial charge in [0.2, 0.25) is 5.90 Å². The van der Waals surface area contributed by atoms with Gasteiger partial charge in [-0.3, -0.25) is 10.1 Å². The van der Waals surface area contributed by atoms with Gasteiger partial charge in [0.1, 0.15) is 17.1 Å². The van der Waals surface area contributed by atoms with Crippen LogP contribution in [0.25, 0.3) is 0 Å². The largest absolute Gasteiger partial charge is 0.480 e. The molecule has 1 atom stereocenters. The Morgan fingerprint density at radius 1 is 1.12 bits per heavy atom. The first-order valence-corrected chi connectivity index (χ1v) is 9.49. The number of nitrogens with zero attached hydrogens (tertiary/aromatic N) is 2. The molecule has 0 heterocycles. The van der Waals surface area contributed by atoms with Gasteiger partial charge >= 0.3 is 18.2 Å². The molecule has 34 heavy (non-hydrogen) atoms. The third kappa shape index (κ3) is 6.57. The third-order valence-corrected chi connectivity index (χ3v) is 4.37. The van der Waals surface area contributed by atoms with Gasteiger partial charge in [-0.25, -0.2) is 9.59 Å². The van der Waals surface area contributed by atoms with Crippen molar-refractivity contribution >= 4 is 35.2 Å². The van der Waals surface area contributed by atoms with Crippen LogP contribution in [0.1, 0.15) is 18.1 Å². The van der Waals surface area contributed by atoms with Crippen molar-refractivity contribution < 1.29 is 46.6 Å². The number of aliphatic imine (C=N–C) groups is 1. The molecule has 182 valence electrons. The second-order valence-electron chi connectivity index (χ2n) is 6.35. The number of carbonyl (C=O) groups is 2. The first-order chi connectivity index (χ1) is 15.9. The number of methoxy groups -OCH3 is 2. The molecule has 0 aliphatic rings. The van der Waals surface area contributed by atoms with E-state index in [1.165, 1.54) is 6.92 Å². The number of carbonyl (C=O) groups excluding carboxylic acids is 2. The summed E-state index contributed by atoms with van der Waals surface area (Å²) >= 11 is 5.87. The van der Waals surface area contributed by atoms with E-state index in [4.69, 9.17) is 25.8 Å². The van der Waals surface area contributed by atoms with Crippen molar-refractivity contribution in [3.8, 4) is 11.5 Å². The molecule has 2 aromatic carbocycles. The van der Waals surface area contributed by atoms with Crippen molar-refractivity contribution in [3.63, 3.8) is 0 Å². The summed E-state index contributed by atoms with van der Waals surface area (Å²) in [6.45, 7) is 1.22. The van der Waals surface area contributed by atoms with Crippen LogP contribution in [-0.4, -0.2) is 43.2 Å². The molecule has 0 spiro atoms. The minimum Gasteiger partial charge on any atom is -0.480 e. The average Bonchev–Trinajstić information content (AvgIpc) is 2.77. The molecule has 0 aliphatic carbocycles. The minimum absolute atomic E-state index is 0.0942. The lowest BCUT2D eigenvalue weighted by atomic mass is 10.1. The molecule has 0 fully saturated rings. The van der Waals surface area contributed by atoms with Crippen LogP contribution in [0.3, 0.4) is 0 Å². The number of hydrogen-bond acceptors (Lipinski definition) is 8. The number of nitro groups is 1. The van der Waals surface area contributed by atoms with Crippen LogP contribution in [0.5, 0.6) is 11.5 Å². The molecule has 1 amide bonds. The Morgan fingerprint density at radius 3 is 2.32 bits per heavy atom. The van der Waals surface area contributed by atoms with Gasteiger partial charge in [-0.2, -0.15) is 13.2 Å². The molecule has 2 aromatic rings. The van der Waals surface area contributed by atoms with E-state index >= 15 is 0 Å². The van der Waals surface area contributed by atoms with E-state index in [1.54, 1.807) is 0 Å². The van der Waals surface area contributed by atoms with Crippen LogP contribution in [-0.2, 0) is 25.2 Å². The van der Waals surface area contributed by atoms with Gasteiger partial charge in [-0.1, -0.05) is 11.6 Å². The third-order valence-electron chi connectivity index (χ3n) is 4.08. The topological polar surface area (TPSA) is 127 Å². The molecule has 2 rings (SSSR count). The number of halogens is 4. The van der Waals surface area contributed by atoms with E-state index in [2.05, 4.69) is 9.73 Å². The zero-order valence-corrected chi connectivity index (χ0v) is 18.5. The molecule has 0 bridgehead atoms. The Morgan fingerprint density at radius 2 is 1.79 bits per heavy atom. The second-order valence-corrected chi connectivity index (χ2v) is 6.76. The highest BCUT2D eigenvalue weighted by Crippen LogP contribution is 2.37. The van der Waals surface area contributed by atoms with Crippen molar-refractivity contribution in [1.29, 1.82) is 0 Å². The predicted molar refractivity (Wildman–Crippen MR) is 111 cm³/mol. The molecular weight excluding hydrogens is 489 g/mol. The quantitative estimate of drug-likeness (QED) is 0.174. The lowest BCUT2D eigenvalue weighted by Crippen LogP contribution is -2.24. The van der Waals surface area contributed by atoms with E-state index < -0.39 is 46.4 Å². The van der Waals surface area contributed by atoms with Gasteiger partial charge in [-0.05, 0) is 31.2 Å². The molecule has 0 aromatic heterocycles. The van der Waals surface area contributed by atoms with Crippen molar-refractivity contribution in [2.75, 3.05) is 14.2 Å². The fourth-order valence-corrected chi connectivity index (χ4v) is 2.71. The first-order valence-electron chi connectivity index (χ1n) is 9.12. The summed E-state index contributed by atoms with van der Waals surface area (Å²) in [5.74, 6) is -1.69. The van der Waals surface area contributed by atoms with Gasteiger partial charge < -0.3 is 18.9 Å². The Kier molecular flexibility index (Phi) is 8.41. The second kappa shape index (κ2) is 10.8. The maximum Gasteiger partial charge on any atom is 0.437 e. The van der Waals surface area contributed by atoms with Crippen LogP contribution < -0.4 is 4.74 Å². The zero-order valence-electron chi connectivity index (χ0n) is 17.7. The molecule has 0 saturated heterocycles. The molecule has 0 radical (unpaired) electrons. The van der Waals surface area contributed by atoms with Crippen molar-refractivity contribution in [3.05, 3.63) is 62.7 Å². The van der Waals surface area contributed by atoms with Gasteiger partial charge in [0.25, 0.3) is 5.69 Å². The number of ether oxygens (including phenoxy) is 4. The van der Waals surface area contributed by atoms with E-state index in [-0.39, 0.29) is 22.1 Å². The number of rotatable bonds is 6. The van der Waals surface area contributed by atoms with Crippen LogP contribution in [0, 0.1) is 10.1 Å². The van der Waals surface area contributed by atoms with Crippen molar-refractivity contribution in [2.45, 2.75) is 19.2 Å². The normalized spacial score (nSPS) is 12.5. The fourth-order valence-electron chi connectivity index (χ4n) is 2.49. The summed E-state index contributed by atoms with van der Waals surface area (Å²) in [6, 6.07) is 5.59. The predicted octanol–water partition coefficient (Wildman–Crippen LogP) is 5.15. The van der Waals surface area contributed by atoms with E-state index in [9.17, 15) is 32.9 Å².